The number of halogens is 1. The number of carbonyl (C=O) groups excluding carboxylic acids is 1. The topological polar surface area (TPSA) is 52.3 Å². The molecule has 0 bridgehead atoms. The van der Waals surface area contributed by atoms with E-state index in [1.807, 2.05) is 6.07 Å². The highest BCUT2D eigenvalue weighted by molar-refractivity contribution is 9.11. The van der Waals surface area contributed by atoms with E-state index in [4.69, 9.17) is 10.5 Å². The van der Waals surface area contributed by atoms with Crippen LogP contribution in [0.1, 0.15) is 24.6 Å². The SMILES string of the molecule is CCOC(=O)CCC(N)Cc1ccc(Br)s1. The molecule has 0 radical (unpaired) electrons. The molecular weight excluding hydrogens is 290 g/mol. The van der Waals surface area contributed by atoms with Crippen LogP contribution in [0.2, 0.25) is 0 Å². The van der Waals surface area contributed by atoms with Gasteiger partial charge in [0.05, 0.1) is 10.4 Å². The zero-order valence-corrected chi connectivity index (χ0v) is 11.6. The van der Waals surface area contributed by atoms with E-state index in [0.717, 1.165) is 10.2 Å². The summed E-state index contributed by atoms with van der Waals surface area (Å²) in [5.74, 6) is -0.162. The van der Waals surface area contributed by atoms with Gasteiger partial charge < -0.3 is 10.5 Å². The minimum absolute atomic E-state index is 0.0231. The monoisotopic (exact) mass is 305 g/mol. The standard InChI is InChI=1S/C11H16BrNO2S/c1-2-15-11(14)6-3-8(13)7-9-4-5-10(12)16-9/h4-5,8H,2-3,6-7,13H2,1H3. The van der Waals surface area contributed by atoms with Crippen LogP contribution >= 0.6 is 27.3 Å². The summed E-state index contributed by atoms with van der Waals surface area (Å²) in [6.45, 7) is 2.24. The van der Waals surface area contributed by atoms with Crippen LogP contribution in [0.15, 0.2) is 15.9 Å². The molecule has 0 aliphatic carbocycles. The molecule has 1 heterocycles. The summed E-state index contributed by atoms with van der Waals surface area (Å²) >= 11 is 5.09. The number of carbonyl (C=O) groups is 1. The van der Waals surface area contributed by atoms with Gasteiger partial charge in [-0.25, -0.2) is 0 Å². The predicted octanol–water partition coefficient (Wildman–Crippen LogP) is 2.72. The van der Waals surface area contributed by atoms with Crippen LogP contribution in [0.5, 0.6) is 0 Å². The minimum Gasteiger partial charge on any atom is -0.466 e. The smallest absolute Gasteiger partial charge is 0.305 e. The second kappa shape index (κ2) is 7.04. The molecule has 90 valence electrons. The Hall–Kier alpha value is -0.390. The van der Waals surface area contributed by atoms with E-state index in [-0.39, 0.29) is 12.0 Å². The van der Waals surface area contributed by atoms with Crippen LogP contribution in [-0.4, -0.2) is 18.6 Å². The van der Waals surface area contributed by atoms with Gasteiger partial charge in [-0.15, -0.1) is 11.3 Å². The van der Waals surface area contributed by atoms with Crippen molar-refractivity contribution in [2.75, 3.05) is 6.61 Å². The van der Waals surface area contributed by atoms with Gasteiger partial charge in [0, 0.05) is 17.3 Å². The molecule has 2 N–H and O–H groups in total. The Bertz CT molecular complexity index is 340. The van der Waals surface area contributed by atoms with Crippen LogP contribution < -0.4 is 5.73 Å². The Labute approximate surface area is 108 Å². The van der Waals surface area contributed by atoms with Crippen LogP contribution in [0.4, 0.5) is 0 Å². The van der Waals surface area contributed by atoms with E-state index >= 15 is 0 Å². The van der Waals surface area contributed by atoms with Crippen molar-refractivity contribution in [3.8, 4) is 0 Å². The lowest BCUT2D eigenvalue weighted by atomic mass is 10.1. The number of hydrogen-bond donors (Lipinski definition) is 1. The fourth-order valence-corrected chi connectivity index (χ4v) is 2.93. The molecule has 1 rings (SSSR count). The number of ether oxygens (including phenoxy) is 1. The quantitative estimate of drug-likeness (QED) is 0.822. The third-order valence-corrected chi connectivity index (χ3v) is 3.76. The molecule has 3 nitrogen and oxygen atoms in total. The van der Waals surface area contributed by atoms with E-state index < -0.39 is 0 Å². The van der Waals surface area contributed by atoms with Crippen LogP contribution in [0.25, 0.3) is 0 Å². The van der Waals surface area contributed by atoms with Gasteiger partial charge in [-0.3, -0.25) is 4.79 Å². The summed E-state index contributed by atoms with van der Waals surface area (Å²) in [6, 6.07) is 4.09. The summed E-state index contributed by atoms with van der Waals surface area (Å²) in [4.78, 5) is 12.4. The minimum atomic E-state index is -0.162. The van der Waals surface area contributed by atoms with Crippen LogP contribution in [0.3, 0.4) is 0 Å². The fraction of sp³-hybridized carbons (Fsp3) is 0.545. The first-order chi connectivity index (χ1) is 7.61. The zero-order chi connectivity index (χ0) is 12.0. The van der Waals surface area contributed by atoms with Crippen molar-refractivity contribution in [1.29, 1.82) is 0 Å². The normalized spacial score (nSPS) is 12.4. The van der Waals surface area contributed by atoms with Crippen molar-refractivity contribution in [3.63, 3.8) is 0 Å². The van der Waals surface area contributed by atoms with Crippen molar-refractivity contribution >= 4 is 33.2 Å². The highest BCUT2D eigenvalue weighted by Gasteiger charge is 2.09. The molecule has 1 aromatic rings. The van der Waals surface area contributed by atoms with Gasteiger partial charge >= 0.3 is 5.97 Å². The van der Waals surface area contributed by atoms with Crippen molar-refractivity contribution in [2.24, 2.45) is 5.73 Å². The number of rotatable bonds is 6. The Morgan fingerprint density at radius 2 is 2.38 bits per heavy atom. The summed E-state index contributed by atoms with van der Waals surface area (Å²) in [5.41, 5.74) is 5.94. The molecule has 1 atom stereocenters. The van der Waals surface area contributed by atoms with Crippen molar-refractivity contribution in [3.05, 3.63) is 20.8 Å². The maximum Gasteiger partial charge on any atom is 0.305 e. The fourth-order valence-electron chi connectivity index (χ4n) is 1.36. The van der Waals surface area contributed by atoms with Crippen molar-refractivity contribution < 1.29 is 9.53 Å². The third-order valence-electron chi connectivity index (χ3n) is 2.12. The lowest BCUT2D eigenvalue weighted by molar-refractivity contribution is -0.143. The van der Waals surface area contributed by atoms with Crippen molar-refractivity contribution in [2.45, 2.75) is 32.2 Å². The number of nitrogens with two attached hydrogens (primary N) is 1. The maximum atomic E-state index is 11.1. The summed E-state index contributed by atoms with van der Waals surface area (Å²) in [7, 11) is 0. The first kappa shape index (κ1) is 13.7. The summed E-state index contributed by atoms with van der Waals surface area (Å²) in [5, 5.41) is 0. The van der Waals surface area contributed by atoms with Gasteiger partial charge in [-0.1, -0.05) is 0 Å². The largest absolute Gasteiger partial charge is 0.466 e. The number of esters is 1. The van der Waals surface area contributed by atoms with Gasteiger partial charge in [0.25, 0.3) is 0 Å². The van der Waals surface area contributed by atoms with E-state index in [2.05, 4.69) is 22.0 Å². The Morgan fingerprint density at radius 1 is 1.62 bits per heavy atom. The number of thiophene rings is 1. The van der Waals surface area contributed by atoms with E-state index in [1.165, 1.54) is 4.88 Å². The molecule has 5 heteroatoms. The summed E-state index contributed by atoms with van der Waals surface area (Å²) in [6.07, 6.45) is 1.89. The zero-order valence-electron chi connectivity index (χ0n) is 9.24. The van der Waals surface area contributed by atoms with Gasteiger partial charge in [-0.2, -0.15) is 0 Å². The second-order valence-electron chi connectivity index (χ2n) is 3.51. The molecular formula is C11H16BrNO2S. The van der Waals surface area contributed by atoms with Crippen molar-refractivity contribution in [1.82, 2.24) is 0 Å². The lowest BCUT2D eigenvalue weighted by Crippen LogP contribution is -2.23. The molecule has 1 aromatic heterocycles. The molecule has 0 amide bonds. The average Bonchev–Trinajstić information content (AvgIpc) is 2.61. The highest BCUT2D eigenvalue weighted by Crippen LogP contribution is 2.23. The average molecular weight is 306 g/mol. The Balaban J connectivity index is 2.25. The first-order valence-corrected chi connectivity index (χ1v) is 6.88. The summed E-state index contributed by atoms with van der Waals surface area (Å²) < 4.78 is 5.96. The Morgan fingerprint density at radius 3 is 2.94 bits per heavy atom. The Kier molecular flexibility index (Phi) is 6.01. The first-order valence-electron chi connectivity index (χ1n) is 5.27. The van der Waals surface area contributed by atoms with Gasteiger partial charge in [0.1, 0.15) is 0 Å². The molecule has 0 aromatic carbocycles. The third kappa shape index (κ3) is 5.09. The van der Waals surface area contributed by atoms with Crippen LogP contribution in [-0.2, 0) is 16.0 Å². The molecule has 0 aliphatic rings. The molecule has 1 unspecified atom stereocenters. The molecule has 0 spiro atoms. The second-order valence-corrected chi connectivity index (χ2v) is 6.06. The van der Waals surface area contributed by atoms with Gasteiger partial charge in [0.15, 0.2) is 0 Å². The number of hydrogen-bond acceptors (Lipinski definition) is 4. The molecule has 0 saturated heterocycles. The lowest BCUT2D eigenvalue weighted by Gasteiger charge is -2.09. The molecule has 0 saturated carbocycles. The van der Waals surface area contributed by atoms with E-state index in [9.17, 15) is 4.79 Å². The van der Waals surface area contributed by atoms with E-state index in [1.54, 1.807) is 18.3 Å². The molecule has 16 heavy (non-hydrogen) atoms. The molecule has 0 fully saturated rings. The maximum absolute atomic E-state index is 11.1. The predicted molar refractivity (Wildman–Crippen MR) is 69.6 cm³/mol. The molecule has 0 aliphatic heterocycles. The highest BCUT2D eigenvalue weighted by atomic mass is 79.9. The van der Waals surface area contributed by atoms with Gasteiger partial charge in [0.2, 0.25) is 0 Å². The van der Waals surface area contributed by atoms with E-state index in [0.29, 0.717) is 19.4 Å². The van der Waals surface area contributed by atoms with Gasteiger partial charge in [-0.05, 0) is 47.8 Å². The van der Waals surface area contributed by atoms with Crippen LogP contribution in [0, 0.1) is 0 Å².